The first-order valence-corrected chi connectivity index (χ1v) is 15.6. The van der Waals surface area contributed by atoms with E-state index in [0.29, 0.717) is 36.2 Å². The molecule has 0 bridgehead atoms. The molecule has 3 atom stereocenters. The highest BCUT2D eigenvalue weighted by Gasteiger charge is 2.36. The van der Waals surface area contributed by atoms with Crippen LogP contribution < -0.4 is 14.9 Å². The van der Waals surface area contributed by atoms with Crippen LogP contribution in [0, 0.1) is 11.8 Å². The van der Waals surface area contributed by atoms with Gasteiger partial charge in [-0.15, -0.1) is 10.2 Å². The number of nitrogens with two attached hydrogens (primary N) is 1. The zero-order valence-electron chi connectivity index (χ0n) is 23.8. The van der Waals surface area contributed by atoms with Gasteiger partial charge in [0.05, 0.1) is 28.9 Å². The molecule has 1 aliphatic rings. The van der Waals surface area contributed by atoms with E-state index in [1.165, 1.54) is 7.05 Å². The largest absolute Gasteiger partial charge is 0.419 e. The number of pyridine rings is 1. The third-order valence-corrected chi connectivity index (χ3v) is 9.13. The van der Waals surface area contributed by atoms with Gasteiger partial charge in [-0.1, -0.05) is 48.9 Å². The molecule has 3 heterocycles. The van der Waals surface area contributed by atoms with E-state index in [2.05, 4.69) is 27.0 Å². The second kappa shape index (κ2) is 11.1. The second-order valence-corrected chi connectivity index (χ2v) is 13.6. The lowest BCUT2D eigenvalue weighted by molar-refractivity contribution is 0.355. The van der Waals surface area contributed by atoms with Crippen LogP contribution in [0.1, 0.15) is 37.5 Å². The topological polar surface area (TPSA) is 136 Å². The van der Waals surface area contributed by atoms with E-state index >= 15 is 0 Å². The van der Waals surface area contributed by atoms with E-state index in [-0.39, 0.29) is 22.6 Å². The number of anilines is 2. The molecule has 5 rings (SSSR count). The predicted molar refractivity (Wildman–Crippen MR) is 159 cm³/mol. The molecule has 1 aliphatic carbocycles. The summed E-state index contributed by atoms with van der Waals surface area (Å²) in [5, 5.41) is 8.62. The van der Waals surface area contributed by atoms with Gasteiger partial charge in [0.2, 0.25) is 21.8 Å². The summed E-state index contributed by atoms with van der Waals surface area (Å²) < 4.78 is 34.3. The molecule has 2 N–H and O–H groups in total. The maximum absolute atomic E-state index is 12.6. The third-order valence-electron chi connectivity index (χ3n) is 7.59. The van der Waals surface area contributed by atoms with Crippen molar-refractivity contribution in [2.45, 2.75) is 38.8 Å². The zero-order valence-corrected chi connectivity index (χ0v) is 25.4. The van der Waals surface area contributed by atoms with Crippen LogP contribution in [0.25, 0.3) is 11.5 Å². The Balaban J connectivity index is 1.58. The summed E-state index contributed by atoms with van der Waals surface area (Å²) in [7, 11) is -0.334. The van der Waals surface area contributed by atoms with E-state index in [1.54, 1.807) is 12.3 Å². The van der Waals surface area contributed by atoms with Gasteiger partial charge in [-0.05, 0) is 43.2 Å². The Morgan fingerprint density at radius 2 is 1.95 bits per heavy atom. The van der Waals surface area contributed by atoms with E-state index in [0.717, 1.165) is 34.9 Å². The van der Waals surface area contributed by atoms with E-state index < -0.39 is 15.6 Å². The van der Waals surface area contributed by atoms with Gasteiger partial charge in [0.15, 0.2) is 5.82 Å². The van der Waals surface area contributed by atoms with Crippen LogP contribution in [0.15, 0.2) is 53.2 Å². The molecular weight excluding hydrogens is 564 g/mol. The van der Waals surface area contributed by atoms with E-state index in [1.807, 2.05) is 55.1 Å². The first kappa shape index (κ1) is 29.0. The molecule has 0 radical (unpaired) electrons. The lowest BCUT2D eigenvalue weighted by atomic mass is 9.94. The van der Waals surface area contributed by atoms with Crippen LogP contribution >= 0.6 is 11.6 Å². The van der Waals surface area contributed by atoms with Crippen molar-refractivity contribution >= 4 is 33.3 Å². The first-order chi connectivity index (χ1) is 19.3. The fourth-order valence-corrected chi connectivity index (χ4v) is 5.54. The smallest absolute Gasteiger partial charge is 0.249 e. The van der Waals surface area contributed by atoms with Crippen LogP contribution in [0.3, 0.4) is 0 Å². The number of hydrogen-bond donors (Lipinski definition) is 1. The normalized spacial score (nSPS) is 18.2. The molecule has 218 valence electrons. The number of hydrogen-bond acceptors (Lipinski definition) is 9. The molecule has 0 amide bonds. The fraction of sp³-hybridized carbons (Fsp3) is 0.429. The van der Waals surface area contributed by atoms with Gasteiger partial charge in [0.1, 0.15) is 11.6 Å². The number of halogens is 1. The summed E-state index contributed by atoms with van der Waals surface area (Å²) in [6.45, 7) is 5.23. The number of aryl methyl sites for hydroxylation is 1. The highest BCUT2D eigenvalue weighted by Crippen LogP contribution is 2.42. The number of rotatable bonds is 11. The quantitative estimate of drug-likeness (QED) is 0.272. The summed E-state index contributed by atoms with van der Waals surface area (Å²) in [5.74, 6) is 2.87. The number of benzene rings is 1. The summed E-state index contributed by atoms with van der Waals surface area (Å²) in [4.78, 5) is 11.3. The van der Waals surface area contributed by atoms with Crippen LogP contribution in [0.2, 0.25) is 5.02 Å². The Bertz CT molecular complexity index is 1640. The predicted octanol–water partition coefficient (Wildman–Crippen LogP) is 3.99. The Morgan fingerprint density at radius 3 is 2.56 bits per heavy atom. The molecule has 41 heavy (non-hydrogen) atoms. The molecule has 0 spiro atoms. The molecule has 1 fully saturated rings. The van der Waals surface area contributed by atoms with Gasteiger partial charge >= 0.3 is 0 Å². The van der Waals surface area contributed by atoms with Crippen molar-refractivity contribution in [2.75, 3.05) is 29.1 Å². The van der Waals surface area contributed by atoms with Crippen molar-refractivity contribution in [1.29, 1.82) is 0 Å². The highest BCUT2D eigenvalue weighted by molar-refractivity contribution is 7.92. The molecule has 1 aromatic carbocycles. The monoisotopic (exact) mass is 598 g/mol. The van der Waals surface area contributed by atoms with Crippen molar-refractivity contribution in [3.8, 4) is 11.5 Å². The maximum atomic E-state index is 12.6. The minimum atomic E-state index is -3.68. The summed E-state index contributed by atoms with van der Waals surface area (Å²) in [5.41, 5.74) is 7.07. The van der Waals surface area contributed by atoms with Crippen molar-refractivity contribution in [3.05, 3.63) is 71.1 Å². The zero-order chi connectivity index (χ0) is 29.5. The number of sulfonamides is 1. The molecule has 0 saturated heterocycles. The van der Waals surface area contributed by atoms with Gasteiger partial charge in [-0.3, -0.25) is 4.31 Å². The van der Waals surface area contributed by atoms with E-state index in [4.69, 9.17) is 26.7 Å². The van der Waals surface area contributed by atoms with Crippen LogP contribution in [0.4, 0.5) is 11.6 Å². The molecular formula is C28H35ClN8O3S. The van der Waals surface area contributed by atoms with E-state index in [9.17, 15) is 8.42 Å². The average Bonchev–Trinajstić information content (AvgIpc) is 3.26. The summed E-state index contributed by atoms with van der Waals surface area (Å²) in [6.07, 6.45) is 6.32. The third kappa shape index (κ3) is 6.39. The lowest BCUT2D eigenvalue weighted by Crippen LogP contribution is -2.35. The second-order valence-electron chi connectivity index (χ2n) is 11.2. The van der Waals surface area contributed by atoms with Crippen LogP contribution in [-0.2, 0) is 35.6 Å². The van der Waals surface area contributed by atoms with Gasteiger partial charge in [-0.2, -0.15) is 0 Å². The van der Waals surface area contributed by atoms with Crippen LogP contribution in [0.5, 0.6) is 0 Å². The molecule has 13 heteroatoms. The SMILES string of the molecule is CC1CC1CN(Cc1nccn1C)c1cc(-c2nnc([C@](C)(N)Cc3ccccc3)o2)c(Cl)c(N(C)S(C)(=O)=O)n1. The van der Waals surface area contributed by atoms with Gasteiger partial charge in [0, 0.05) is 33.0 Å². The maximum Gasteiger partial charge on any atom is 0.249 e. The molecule has 0 aliphatic heterocycles. The number of aromatic nitrogens is 5. The average molecular weight is 599 g/mol. The highest BCUT2D eigenvalue weighted by atomic mass is 35.5. The molecule has 1 saturated carbocycles. The van der Waals surface area contributed by atoms with Gasteiger partial charge in [-0.25, -0.2) is 18.4 Å². The van der Waals surface area contributed by atoms with Crippen LogP contribution in [-0.4, -0.2) is 53.0 Å². The number of nitrogens with zero attached hydrogens (tertiary/aromatic N) is 7. The Morgan fingerprint density at radius 1 is 1.24 bits per heavy atom. The summed E-state index contributed by atoms with van der Waals surface area (Å²) >= 11 is 6.82. The van der Waals surface area contributed by atoms with Crippen molar-refractivity contribution in [2.24, 2.45) is 24.6 Å². The molecule has 3 aromatic heterocycles. The standard InChI is InChI=1S/C28H35ClN8O3S/c1-18-13-20(18)16-37(17-23-31-11-12-35(23)3)22-14-21(24(29)25(32-22)36(4)41(5,38)39)26-33-34-27(40-26)28(2,30)15-19-9-7-6-8-10-19/h6-12,14,18,20H,13,15-17,30H2,1-5H3/t18?,20?,28-/m1/s1. The first-order valence-electron chi connectivity index (χ1n) is 13.4. The fourth-order valence-electron chi connectivity index (χ4n) is 4.74. The van der Waals surface area contributed by atoms with Crippen molar-refractivity contribution < 1.29 is 12.8 Å². The minimum absolute atomic E-state index is 0.0647. The molecule has 2 unspecified atom stereocenters. The summed E-state index contributed by atoms with van der Waals surface area (Å²) in [6, 6.07) is 11.6. The Labute approximate surface area is 245 Å². The minimum Gasteiger partial charge on any atom is -0.419 e. The lowest BCUT2D eigenvalue weighted by Gasteiger charge is -2.26. The Hall–Kier alpha value is -3.48. The van der Waals surface area contributed by atoms with Gasteiger partial charge in [0.25, 0.3) is 0 Å². The van der Waals surface area contributed by atoms with Crippen molar-refractivity contribution in [3.63, 3.8) is 0 Å². The number of imidazole rings is 1. The molecule has 4 aromatic rings. The molecule has 11 nitrogen and oxygen atoms in total. The van der Waals surface area contributed by atoms with Gasteiger partial charge < -0.3 is 19.6 Å². The Kier molecular flexibility index (Phi) is 7.84. The van der Waals surface area contributed by atoms with Crippen molar-refractivity contribution in [1.82, 2.24) is 24.7 Å².